The van der Waals surface area contributed by atoms with Gasteiger partial charge in [-0.3, -0.25) is 9.59 Å². The second-order valence-corrected chi connectivity index (χ2v) is 4.49. The molecule has 0 spiro atoms. The smallest absolute Gasteiger partial charge is 0.311 e. The van der Waals surface area contributed by atoms with Crippen molar-refractivity contribution in [2.75, 3.05) is 5.32 Å². The van der Waals surface area contributed by atoms with E-state index in [0.29, 0.717) is 17.9 Å². The van der Waals surface area contributed by atoms with Crippen molar-refractivity contribution in [2.24, 2.45) is 0 Å². The monoisotopic (exact) mass is 263 g/mol. The number of carbonyl (C=O) groups is 2. The van der Waals surface area contributed by atoms with Gasteiger partial charge in [0, 0.05) is 19.0 Å². The van der Waals surface area contributed by atoms with Crippen LogP contribution in [0.3, 0.4) is 0 Å². The normalized spacial score (nSPS) is 10.0. The van der Waals surface area contributed by atoms with Crippen molar-refractivity contribution in [1.82, 2.24) is 0 Å². The van der Waals surface area contributed by atoms with Gasteiger partial charge in [-0.2, -0.15) is 0 Å². The van der Waals surface area contributed by atoms with Crippen molar-refractivity contribution in [3.8, 4) is 5.75 Å². The van der Waals surface area contributed by atoms with Crippen molar-refractivity contribution in [2.45, 2.75) is 46.0 Å². The molecule has 0 heterocycles. The van der Waals surface area contributed by atoms with Crippen LogP contribution in [0.4, 0.5) is 5.69 Å². The molecule has 104 valence electrons. The van der Waals surface area contributed by atoms with Crippen molar-refractivity contribution in [1.29, 1.82) is 0 Å². The minimum Gasteiger partial charge on any atom is -0.427 e. The first-order valence-electron chi connectivity index (χ1n) is 6.70. The summed E-state index contributed by atoms with van der Waals surface area (Å²) in [6.45, 7) is 3.58. The van der Waals surface area contributed by atoms with E-state index in [1.165, 1.54) is 6.92 Å². The molecule has 0 bridgehead atoms. The lowest BCUT2D eigenvalue weighted by atomic mass is 10.1. The van der Waals surface area contributed by atoms with Crippen molar-refractivity contribution in [3.05, 3.63) is 24.3 Å². The Balaban J connectivity index is 2.36. The van der Waals surface area contributed by atoms with Gasteiger partial charge in [0.15, 0.2) is 0 Å². The zero-order chi connectivity index (χ0) is 14.1. The van der Waals surface area contributed by atoms with Crippen LogP contribution in [0.25, 0.3) is 0 Å². The largest absolute Gasteiger partial charge is 0.427 e. The van der Waals surface area contributed by atoms with Gasteiger partial charge < -0.3 is 10.1 Å². The van der Waals surface area contributed by atoms with E-state index < -0.39 is 0 Å². The third-order valence-corrected chi connectivity index (χ3v) is 2.64. The molecule has 0 aliphatic heterocycles. The summed E-state index contributed by atoms with van der Waals surface area (Å²) in [5.41, 5.74) is 0.690. The van der Waals surface area contributed by atoms with Crippen LogP contribution in [0.15, 0.2) is 24.3 Å². The molecule has 19 heavy (non-hydrogen) atoms. The molecule has 0 unspecified atom stereocenters. The molecule has 0 aromatic heterocycles. The number of unbranched alkanes of at least 4 members (excludes halogenated alkanes) is 3. The van der Waals surface area contributed by atoms with Crippen LogP contribution in [0.2, 0.25) is 0 Å². The molecule has 4 heteroatoms. The maximum Gasteiger partial charge on any atom is 0.311 e. The van der Waals surface area contributed by atoms with Gasteiger partial charge in [-0.1, -0.05) is 26.2 Å². The molecule has 1 aromatic carbocycles. The quantitative estimate of drug-likeness (QED) is 0.465. The van der Waals surface area contributed by atoms with Gasteiger partial charge in [0.1, 0.15) is 5.75 Å². The number of hydrogen-bond donors (Lipinski definition) is 1. The predicted molar refractivity (Wildman–Crippen MR) is 75.1 cm³/mol. The fourth-order valence-electron chi connectivity index (χ4n) is 1.69. The zero-order valence-corrected chi connectivity index (χ0v) is 11.6. The Hall–Kier alpha value is -1.84. The molecule has 0 saturated carbocycles. The highest BCUT2D eigenvalue weighted by molar-refractivity contribution is 5.88. The molecule has 0 radical (unpaired) electrons. The van der Waals surface area contributed by atoms with E-state index >= 15 is 0 Å². The summed E-state index contributed by atoms with van der Waals surface area (Å²) in [5, 5.41) is 2.65. The summed E-state index contributed by atoms with van der Waals surface area (Å²) in [5.74, 6) is 0.179. The van der Waals surface area contributed by atoms with E-state index in [1.807, 2.05) is 0 Å². The fourth-order valence-corrected chi connectivity index (χ4v) is 1.69. The molecule has 0 fully saturated rings. The van der Waals surface area contributed by atoms with E-state index in [4.69, 9.17) is 4.74 Å². The molecule has 4 nitrogen and oxygen atoms in total. The van der Waals surface area contributed by atoms with Gasteiger partial charge >= 0.3 is 5.97 Å². The molecular formula is C15H21NO3. The summed E-state index contributed by atoms with van der Waals surface area (Å²) in [6.07, 6.45) is 4.69. The SMILES string of the molecule is CCCCCCC(=O)Oc1ccc(NC(C)=O)cc1. The van der Waals surface area contributed by atoms with Gasteiger partial charge in [0.25, 0.3) is 0 Å². The highest BCUT2D eigenvalue weighted by Gasteiger charge is 2.04. The Morgan fingerprint density at radius 1 is 1.11 bits per heavy atom. The average Bonchev–Trinajstić information content (AvgIpc) is 2.36. The van der Waals surface area contributed by atoms with Crippen LogP contribution in [0.1, 0.15) is 46.0 Å². The first kappa shape index (κ1) is 15.2. The third-order valence-electron chi connectivity index (χ3n) is 2.64. The summed E-state index contributed by atoms with van der Waals surface area (Å²) >= 11 is 0. The lowest BCUT2D eigenvalue weighted by Gasteiger charge is -2.06. The molecule has 1 amide bonds. The molecule has 0 atom stereocenters. The van der Waals surface area contributed by atoms with Gasteiger partial charge in [-0.15, -0.1) is 0 Å². The second-order valence-electron chi connectivity index (χ2n) is 4.49. The molecule has 0 aliphatic rings. The maximum atomic E-state index is 11.5. The Kier molecular flexibility index (Phi) is 6.64. The first-order chi connectivity index (χ1) is 9.11. The topological polar surface area (TPSA) is 55.4 Å². The fraction of sp³-hybridized carbons (Fsp3) is 0.467. The third kappa shape index (κ3) is 6.60. The van der Waals surface area contributed by atoms with Gasteiger partial charge in [-0.05, 0) is 30.7 Å². The minimum absolute atomic E-state index is 0.124. The molecule has 0 saturated heterocycles. The van der Waals surface area contributed by atoms with E-state index in [1.54, 1.807) is 24.3 Å². The van der Waals surface area contributed by atoms with Crippen LogP contribution >= 0.6 is 0 Å². The highest BCUT2D eigenvalue weighted by atomic mass is 16.5. The number of nitrogens with one attached hydrogen (secondary N) is 1. The number of rotatable bonds is 7. The van der Waals surface area contributed by atoms with Gasteiger partial charge in [0.05, 0.1) is 0 Å². The lowest BCUT2D eigenvalue weighted by molar-refractivity contribution is -0.134. The molecular weight excluding hydrogens is 242 g/mol. The maximum absolute atomic E-state index is 11.5. The van der Waals surface area contributed by atoms with Crippen molar-refractivity contribution >= 4 is 17.6 Å². The molecule has 1 N–H and O–H groups in total. The molecule has 0 aliphatic carbocycles. The number of benzene rings is 1. The number of hydrogen-bond acceptors (Lipinski definition) is 3. The zero-order valence-electron chi connectivity index (χ0n) is 11.6. The van der Waals surface area contributed by atoms with Gasteiger partial charge in [-0.25, -0.2) is 0 Å². The van der Waals surface area contributed by atoms with Crippen molar-refractivity contribution < 1.29 is 14.3 Å². The number of anilines is 1. The van der Waals surface area contributed by atoms with Crippen molar-refractivity contribution in [3.63, 3.8) is 0 Å². The van der Waals surface area contributed by atoms with Crippen LogP contribution in [0.5, 0.6) is 5.75 Å². The Morgan fingerprint density at radius 2 is 1.79 bits per heavy atom. The summed E-state index contributed by atoms with van der Waals surface area (Å²) in [7, 11) is 0. The summed E-state index contributed by atoms with van der Waals surface area (Å²) < 4.78 is 5.20. The Bertz CT molecular complexity index is 412. The Morgan fingerprint density at radius 3 is 2.37 bits per heavy atom. The highest BCUT2D eigenvalue weighted by Crippen LogP contribution is 2.16. The minimum atomic E-state index is -0.205. The van der Waals surface area contributed by atoms with Crippen LogP contribution in [-0.4, -0.2) is 11.9 Å². The average molecular weight is 263 g/mol. The number of carbonyl (C=O) groups excluding carboxylic acids is 2. The summed E-state index contributed by atoms with van der Waals surface area (Å²) in [6, 6.07) is 6.77. The second kappa shape index (κ2) is 8.29. The van der Waals surface area contributed by atoms with Crippen LogP contribution in [0, 0.1) is 0 Å². The number of ether oxygens (including phenoxy) is 1. The summed E-state index contributed by atoms with van der Waals surface area (Å²) in [4.78, 5) is 22.4. The van der Waals surface area contributed by atoms with E-state index in [-0.39, 0.29) is 11.9 Å². The lowest BCUT2D eigenvalue weighted by Crippen LogP contribution is -2.08. The number of amides is 1. The standard InChI is InChI=1S/C15H21NO3/c1-3-4-5-6-7-15(18)19-14-10-8-13(9-11-14)16-12(2)17/h8-11H,3-7H2,1-2H3,(H,16,17). The first-order valence-corrected chi connectivity index (χ1v) is 6.70. The van der Waals surface area contributed by atoms with E-state index in [2.05, 4.69) is 12.2 Å². The predicted octanol–water partition coefficient (Wildman–Crippen LogP) is 3.52. The Labute approximate surface area is 114 Å². The molecule has 1 aromatic rings. The molecule has 1 rings (SSSR count). The van der Waals surface area contributed by atoms with Crippen LogP contribution in [-0.2, 0) is 9.59 Å². The van der Waals surface area contributed by atoms with Gasteiger partial charge in [0.2, 0.25) is 5.91 Å². The van der Waals surface area contributed by atoms with E-state index in [0.717, 1.165) is 25.7 Å². The van der Waals surface area contributed by atoms with Crippen LogP contribution < -0.4 is 10.1 Å². The number of esters is 1. The van der Waals surface area contributed by atoms with E-state index in [9.17, 15) is 9.59 Å².